The van der Waals surface area contributed by atoms with Gasteiger partial charge in [0.1, 0.15) is 0 Å². The number of amides is 1. The largest absolute Gasteiger partial charge is 0.451 e. The van der Waals surface area contributed by atoms with Crippen LogP contribution in [0, 0.1) is 6.92 Å². The molecule has 0 heterocycles. The van der Waals surface area contributed by atoms with Gasteiger partial charge in [0.15, 0.2) is 8.32 Å². The third-order valence-electron chi connectivity index (χ3n) is 3.76. The molecule has 0 aliphatic carbocycles. The van der Waals surface area contributed by atoms with Gasteiger partial charge in [0.05, 0.1) is 5.67 Å². The van der Waals surface area contributed by atoms with E-state index in [4.69, 9.17) is 4.12 Å². The van der Waals surface area contributed by atoms with Gasteiger partial charge in [0, 0.05) is 6.92 Å². The fourth-order valence-electron chi connectivity index (χ4n) is 2.87. The number of aryl methyl sites for hydroxylation is 1. The molecule has 1 aromatic carbocycles. The Hall–Kier alpha value is -0.916. The molecule has 0 saturated heterocycles. The van der Waals surface area contributed by atoms with Crippen LogP contribution in [0.15, 0.2) is 24.3 Å². The van der Waals surface area contributed by atoms with Crippen LogP contribution < -0.4 is 10.5 Å². The zero-order valence-electron chi connectivity index (χ0n) is 15.1. The summed E-state index contributed by atoms with van der Waals surface area (Å²) in [5.41, 5.74) is 1.36. The highest BCUT2D eigenvalue weighted by atomic mass is 28.4. The van der Waals surface area contributed by atoms with Crippen molar-refractivity contribution in [2.24, 2.45) is 0 Å². The molecule has 22 heavy (non-hydrogen) atoms. The normalized spacial score (nSPS) is 16.0. The van der Waals surface area contributed by atoms with E-state index < -0.39 is 16.6 Å². The van der Waals surface area contributed by atoms with E-state index in [0.717, 1.165) is 12.8 Å². The summed E-state index contributed by atoms with van der Waals surface area (Å²) in [4.78, 5) is 11.7. The van der Waals surface area contributed by atoms with Crippen LogP contribution >= 0.6 is 0 Å². The number of hydrogen-bond acceptors (Lipinski definition) is 2. The SMILES string of the molecule is CCC[C@H](NC(C)=O)[Si](C)(O[Si](C)(C)C)c1ccc(C)cc1. The van der Waals surface area contributed by atoms with Gasteiger partial charge in [-0.3, -0.25) is 4.79 Å². The van der Waals surface area contributed by atoms with E-state index in [1.165, 1.54) is 10.8 Å². The average Bonchev–Trinajstić information content (AvgIpc) is 2.36. The first-order chi connectivity index (χ1) is 10.1. The molecule has 0 bridgehead atoms. The van der Waals surface area contributed by atoms with Crippen molar-refractivity contribution >= 4 is 27.7 Å². The van der Waals surface area contributed by atoms with Gasteiger partial charge in [-0.25, -0.2) is 0 Å². The molecule has 3 nitrogen and oxygen atoms in total. The lowest BCUT2D eigenvalue weighted by molar-refractivity contribution is -0.119. The van der Waals surface area contributed by atoms with Crippen LogP contribution in [0.2, 0.25) is 26.2 Å². The molecule has 124 valence electrons. The summed E-state index contributed by atoms with van der Waals surface area (Å²) in [6, 6.07) is 8.66. The predicted octanol–water partition coefficient (Wildman–Crippen LogP) is 3.47. The van der Waals surface area contributed by atoms with Crippen molar-refractivity contribution in [1.82, 2.24) is 5.32 Å². The minimum absolute atomic E-state index is 0.0310. The fraction of sp³-hybridized carbons (Fsp3) is 0.588. The van der Waals surface area contributed by atoms with Gasteiger partial charge in [0.2, 0.25) is 14.2 Å². The second-order valence-electron chi connectivity index (χ2n) is 7.23. The Kier molecular flexibility index (Phi) is 6.58. The van der Waals surface area contributed by atoms with Crippen LogP contribution in [0.25, 0.3) is 0 Å². The first-order valence-electron chi connectivity index (χ1n) is 8.13. The van der Waals surface area contributed by atoms with Gasteiger partial charge in [-0.15, -0.1) is 0 Å². The average molecular weight is 338 g/mol. The Morgan fingerprint density at radius 3 is 2.14 bits per heavy atom. The van der Waals surface area contributed by atoms with Crippen molar-refractivity contribution in [2.45, 2.75) is 65.5 Å². The molecular weight excluding hydrogens is 306 g/mol. The molecule has 0 radical (unpaired) electrons. The quantitative estimate of drug-likeness (QED) is 0.774. The zero-order valence-corrected chi connectivity index (χ0v) is 17.1. The van der Waals surface area contributed by atoms with Crippen molar-refractivity contribution in [3.8, 4) is 0 Å². The Morgan fingerprint density at radius 2 is 1.73 bits per heavy atom. The van der Waals surface area contributed by atoms with Crippen molar-refractivity contribution in [2.75, 3.05) is 0 Å². The summed E-state index contributed by atoms with van der Waals surface area (Å²) in [6.07, 6.45) is 2.00. The van der Waals surface area contributed by atoms with E-state index in [-0.39, 0.29) is 11.6 Å². The molecule has 2 atom stereocenters. The maximum absolute atomic E-state index is 11.7. The topological polar surface area (TPSA) is 38.3 Å². The maximum atomic E-state index is 11.7. The smallest absolute Gasteiger partial charge is 0.231 e. The minimum atomic E-state index is -2.27. The molecule has 0 aromatic heterocycles. The van der Waals surface area contributed by atoms with Crippen molar-refractivity contribution in [3.05, 3.63) is 29.8 Å². The van der Waals surface area contributed by atoms with E-state index in [1.54, 1.807) is 6.92 Å². The monoisotopic (exact) mass is 337 g/mol. The summed E-state index contributed by atoms with van der Waals surface area (Å²) < 4.78 is 6.73. The third-order valence-corrected chi connectivity index (χ3v) is 11.2. The molecule has 5 heteroatoms. The number of carbonyl (C=O) groups is 1. The lowest BCUT2D eigenvalue weighted by Crippen LogP contribution is -2.66. The molecule has 0 fully saturated rings. The molecule has 1 N–H and O–H groups in total. The van der Waals surface area contributed by atoms with Crippen LogP contribution in [0.4, 0.5) is 0 Å². The van der Waals surface area contributed by atoms with Gasteiger partial charge in [-0.2, -0.15) is 0 Å². The third kappa shape index (κ3) is 5.37. The zero-order chi connectivity index (χ0) is 17.0. The first-order valence-corrected chi connectivity index (χ1v) is 14.0. The molecule has 1 unspecified atom stereocenters. The van der Waals surface area contributed by atoms with Crippen molar-refractivity contribution in [1.29, 1.82) is 0 Å². The Bertz CT molecular complexity index is 496. The number of rotatable bonds is 7. The molecule has 0 spiro atoms. The minimum Gasteiger partial charge on any atom is -0.451 e. The molecule has 1 amide bonds. The van der Waals surface area contributed by atoms with Gasteiger partial charge in [-0.05, 0) is 44.7 Å². The van der Waals surface area contributed by atoms with Crippen LogP contribution in [0.3, 0.4) is 0 Å². The lowest BCUT2D eigenvalue weighted by atomic mass is 10.2. The van der Waals surface area contributed by atoms with Crippen LogP contribution in [0.5, 0.6) is 0 Å². The summed E-state index contributed by atoms with van der Waals surface area (Å²) in [6.45, 7) is 14.8. The molecule has 0 saturated carbocycles. The fourth-order valence-corrected chi connectivity index (χ4v) is 11.5. The summed E-state index contributed by atoms with van der Waals surface area (Å²) in [7, 11) is -3.99. The molecule has 1 rings (SSSR count). The molecular formula is C17H31NO2Si2. The molecule has 0 aliphatic rings. The second-order valence-corrected chi connectivity index (χ2v) is 15.8. The second kappa shape index (κ2) is 7.57. The number of carbonyl (C=O) groups excluding carboxylic acids is 1. The number of benzene rings is 1. The van der Waals surface area contributed by atoms with Crippen LogP contribution in [0.1, 0.15) is 32.3 Å². The first kappa shape index (κ1) is 19.1. The van der Waals surface area contributed by atoms with Gasteiger partial charge >= 0.3 is 0 Å². The van der Waals surface area contributed by atoms with Gasteiger partial charge < -0.3 is 9.43 Å². The summed E-state index contributed by atoms with van der Waals surface area (Å²) in [5.74, 6) is 0.0310. The Morgan fingerprint density at radius 1 is 1.18 bits per heavy atom. The maximum Gasteiger partial charge on any atom is 0.231 e. The Balaban J connectivity index is 3.29. The van der Waals surface area contributed by atoms with E-state index in [9.17, 15) is 4.79 Å². The standard InChI is InChI=1S/C17H31NO2Si2/c1-8-9-17(18-15(3)19)22(7,20-21(4,5)6)16-12-10-14(2)11-13-16/h10-13,17H,8-9H2,1-7H3,(H,18,19)/t17-,22?/m1/s1. The van der Waals surface area contributed by atoms with Crippen LogP contribution in [-0.4, -0.2) is 28.2 Å². The highest BCUT2D eigenvalue weighted by Gasteiger charge is 2.43. The highest BCUT2D eigenvalue weighted by Crippen LogP contribution is 2.21. The number of nitrogens with one attached hydrogen (secondary N) is 1. The van der Waals surface area contributed by atoms with Crippen molar-refractivity contribution < 1.29 is 8.91 Å². The highest BCUT2D eigenvalue weighted by molar-refractivity contribution is 6.93. The summed E-state index contributed by atoms with van der Waals surface area (Å²) >= 11 is 0. The summed E-state index contributed by atoms with van der Waals surface area (Å²) in [5, 5.41) is 4.45. The molecule has 0 aliphatic heterocycles. The van der Waals surface area contributed by atoms with E-state index in [1.807, 2.05) is 0 Å². The Labute approximate surface area is 137 Å². The van der Waals surface area contributed by atoms with Gasteiger partial charge in [-0.1, -0.05) is 43.2 Å². The van der Waals surface area contributed by atoms with Crippen molar-refractivity contribution in [3.63, 3.8) is 0 Å². The van der Waals surface area contributed by atoms with E-state index >= 15 is 0 Å². The van der Waals surface area contributed by atoms with Crippen LogP contribution in [-0.2, 0) is 8.91 Å². The van der Waals surface area contributed by atoms with Gasteiger partial charge in [0.25, 0.3) is 0 Å². The predicted molar refractivity (Wildman–Crippen MR) is 99.4 cm³/mol. The van der Waals surface area contributed by atoms with E-state index in [2.05, 4.69) is 69.6 Å². The molecule has 1 aromatic rings. The van der Waals surface area contributed by atoms with E-state index in [0.29, 0.717) is 0 Å². The lowest BCUT2D eigenvalue weighted by Gasteiger charge is -2.41. The number of hydrogen-bond donors (Lipinski definition) is 1.